The van der Waals surface area contributed by atoms with Crippen LogP contribution in [0, 0.1) is 0 Å². The topological polar surface area (TPSA) is 88.5 Å². The van der Waals surface area contributed by atoms with Gasteiger partial charge in [-0.15, -0.1) is 0 Å². The van der Waals surface area contributed by atoms with Crippen LogP contribution in [-0.2, 0) is 14.3 Å². The van der Waals surface area contributed by atoms with Crippen LogP contribution in [0.2, 0.25) is 0 Å². The fraction of sp³-hybridized carbons (Fsp3) is 0.462. The molecule has 1 aromatic rings. The van der Waals surface area contributed by atoms with E-state index in [9.17, 15) is 9.59 Å². The predicted octanol–water partition coefficient (Wildman–Crippen LogP) is 0.891. The number of aliphatic carboxylic acids is 1. The van der Waals surface area contributed by atoms with Crippen LogP contribution in [-0.4, -0.2) is 34.2 Å². The molecular formula is C13H16N2O4. The first kappa shape index (κ1) is 13.5. The molecule has 0 bridgehead atoms. The van der Waals surface area contributed by atoms with Gasteiger partial charge in [0, 0.05) is 12.4 Å². The molecule has 2 rings (SSSR count). The number of nitrogens with zero attached hydrogens (tertiary/aromatic N) is 1. The van der Waals surface area contributed by atoms with Crippen molar-refractivity contribution in [3.63, 3.8) is 0 Å². The van der Waals surface area contributed by atoms with Gasteiger partial charge in [-0.05, 0) is 31.4 Å². The smallest absolute Gasteiger partial charge is 0.332 e. The van der Waals surface area contributed by atoms with Gasteiger partial charge in [-0.3, -0.25) is 9.78 Å². The van der Waals surface area contributed by atoms with E-state index < -0.39 is 18.2 Å². The average Bonchev–Trinajstić information content (AvgIpc) is 2.89. The Morgan fingerprint density at radius 3 is 2.79 bits per heavy atom. The SMILES string of the molecule is C[C@@H](NC(=O)C1CCC(C(=O)O)O1)c1cccnc1. The summed E-state index contributed by atoms with van der Waals surface area (Å²) in [6, 6.07) is 3.48. The maximum atomic E-state index is 11.9. The largest absolute Gasteiger partial charge is 0.479 e. The van der Waals surface area contributed by atoms with Crippen molar-refractivity contribution >= 4 is 11.9 Å². The molecule has 0 spiro atoms. The van der Waals surface area contributed by atoms with Crippen molar-refractivity contribution in [2.45, 2.75) is 38.0 Å². The first-order valence-electron chi connectivity index (χ1n) is 6.16. The summed E-state index contributed by atoms with van der Waals surface area (Å²) >= 11 is 0. The zero-order valence-electron chi connectivity index (χ0n) is 10.6. The third-order valence-electron chi connectivity index (χ3n) is 3.13. The number of carboxylic acids is 1. The summed E-state index contributed by atoms with van der Waals surface area (Å²) in [6.07, 6.45) is 2.59. The molecule has 0 radical (unpaired) electrons. The molecule has 2 unspecified atom stereocenters. The highest BCUT2D eigenvalue weighted by Gasteiger charge is 2.35. The summed E-state index contributed by atoms with van der Waals surface area (Å²) in [6.45, 7) is 1.85. The number of pyridine rings is 1. The fourth-order valence-corrected chi connectivity index (χ4v) is 2.03. The number of carbonyl (C=O) groups is 2. The molecule has 0 aliphatic carbocycles. The average molecular weight is 264 g/mol. The molecule has 1 saturated heterocycles. The molecule has 6 nitrogen and oxygen atoms in total. The molecule has 0 aromatic carbocycles. The number of amides is 1. The van der Waals surface area contributed by atoms with Gasteiger partial charge in [0.05, 0.1) is 6.04 Å². The third kappa shape index (κ3) is 3.29. The van der Waals surface area contributed by atoms with Gasteiger partial charge in [-0.25, -0.2) is 4.79 Å². The highest BCUT2D eigenvalue weighted by Crippen LogP contribution is 2.21. The van der Waals surface area contributed by atoms with Crippen molar-refractivity contribution in [1.82, 2.24) is 10.3 Å². The number of nitrogens with one attached hydrogen (secondary N) is 1. The van der Waals surface area contributed by atoms with E-state index in [1.807, 2.05) is 13.0 Å². The molecule has 1 aliphatic rings. The number of carboxylic acid groups (broad SMARTS) is 1. The Morgan fingerprint density at radius 2 is 2.21 bits per heavy atom. The standard InChI is InChI=1S/C13H16N2O4/c1-8(9-3-2-6-14-7-9)15-12(16)10-4-5-11(19-10)13(17)18/h2-3,6-8,10-11H,4-5H2,1H3,(H,15,16)(H,17,18)/t8-,10?,11?/m1/s1. The second-order valence-corrected chi connectivity index (χ2v) is 4.55. The Hall–Kier alpha value is -1.95. The van der Waals surface area contributed by atoms with Crippen molar-refractivity contribution in [2.75, 3.05) is 0 Å². The summed E-state index contributed by atoms with van der Waals surface area (Å²) in [7, 11) is 0. The molecule has 102 valence electrons. The van der Waals surface area contributed by atoms with Crippen molar-refractivity contribution in [3.8, 4) is 0 Å². The fourth-order valence-electron chi connectivity index (χ4n) is 2.03. The minimum atomic E-state index is -1.02. The third-order valence-corrected chi connectivity index (χ3v) is 3.13. The summed E-state index contributed by atoms with van der Waals surface area (Å²) in [5.41, 5.74) is 0.892. The number of ether oxygens (including phenoxy) is 1. The Labute approximate surface area is 110 Å². The Kier molecular flexibility index (Phi) is 4.11. The van der Waals surface area contributed by atoms with E-state index in [0.717, 1.165) is 5.56 Å². The summed E-state index contributed by atoms with van der Waals surface area (Å²) < 4.78 is 5.19. The summed E-state index contributed by atoms with van der Waals surface area (Å²) in [4.78, 5) is 26.7. The van der Waals surface area contributed by atoms with Crippen LogP contribution in [0.4, 0.5) is 0 Å². The van der Waals surface area contributed by atoms with E-state index in [1.165, 1.54) is 0 Å². The van der Waals surface area contributed by atoms with E-state index in [0.29, 0.717) is 12.8 Å². The molecule has 1 fully saturated rings. The first-order valence-corrected chi connectivity index (χ1v) is 6.16. The van der Waals surface area contributed by atoms with E-state index in [2.05, 4.69) is 10.3 Å². The minimum absolute atomic E-state index is 0.186. The van der Waals surface area contributed by atoms with Gasteiger partial charge in [0.25, 0.3) is 0 Å². The lowest BCUT2D eigenvalue weighted by atomic mass is 10.1. The Morgan fingerprint density at radius 1 is 1.47 bits per heavy atom. The number of rotatable bonds is 4. The van der Waals surface area contributed by atoms with Crippen LogP contribution in [0.15, 0.2) is 24.5 Å². The van der Waals surface area contributed by atoms with Gasteiger partial charge in [0.15, 0.2) is 6.10 Å². The van der Waals surface area contributed by atoms with Crippen molar-refractivity contribution in [1.29, 1.82) is 0 Å². The molecule has 2 heterocycles. The number of hydrogen-bond donors (Lipinski definition) is 2. The van der Waals surface area contributed by atoms with Crippen LogP contribution in [0.25, 0.3) is 0 Å². The lowest BCUT2D eigenvalue weighted by Crippen LogP contribution is -2.37. The summed E-state index contributed by atoms with van der Waals surface area (Å²) in [5, 5.41) is 11.6. The van der Waals surface area contributed by atoms with Crippen LogP contribution in [0.3, 0.4) is 0 Å². The zero-order valence-corrected chi connectivity index (χ0v) is 10.6. The molecular weight excluding hydrogens is 248 g/mol. The van der Waals surface area contributed by atoms with Crippen molar-refractivity contribution in [3.05, 3.63) is 30.1 Å². The lowest BCUT2D eigenvalue weighted by molar-refractivity contribution is -0.151. The Bertz CT molecular complexity index is 463. The Balaban J connectivity index is 1.90. The molecule has 0 saturated carbocycles. The van der Waals surface area contributed by atoms with E-state index in [-0.39, 0.29) is 11.9 Å². The lowest BCUT2D eigenvalue weighted by Gasteiger charge is -2.17. The van der Waals surface area contributed by atoms with Crippen molar-refractivity contribution in [2.24, 2.45) is 0 Å². The molecule has 1 amide bonds. The highest BCUT2D eigenvalue weighted by atomic mass is 16.5. The van der Waals surface area contributed by atoms with Crippen molar-refractivity contribution < 1.29 is 19.4 Å². The number of carbonyl (C=O) groups excluding carboxylic acids is 1. The van der Waals surface area contributed by atoms with Crippen LogP contribution in [0.5, 0.6) is 0 Å². The van der Waals surface area contributed by atoms with E-state index in [4.69, 9.17) is 9.84 Å². The quantitative estimate of drug-likeness (QED) is 0.843. The van der Waals surface area contributed by atoms with E-state index in [1.54, 1.807) is 18.5 Å². The maximum Gasteiger partial charge on any atom is 0.332 e. The minimum Gasteiger partial charge on any atom is -0.479 e. The zero-order chi connectivity index (χ0) is 13.8. The van der Waals surface area contributed by atoms with Crippen LogP contribution in [0.1, 0.15) is 31.4 Å². The molecule has 2 N–H and O–H groups in total. The van der Waals surface area contributed by atoms with Gasteiger partial charge in [0.2, 0.25) is 5.91 Å². The molecule has 6 heteroatoms. The molecule has 1 aromatic heterocycles. The monoisotopic (exact) mass is 264 g/mol. The highest BCUT2D eigenvalue weighted by molar-refractivity contribution is 5.82. The second-order valence-electron chi connectivity index (χ2n) is 4.55. The molecule has 1 aliphatic heterocycles. The van der Waals surface area contributed by atoms with Gasteiger partial charge in [-0.1, -0.05) is 6.07 Å². The molecule has 3 atom stereocenters. The van der Waals surface area contributed by atoms with Gasteiger partial charge >= 0.3 is 5.97 Å². The maximum absolute atomic E-state index is 11.9. The number of hydrogen-bond acceptors (Lipinski definition) is 4. The normalized spacial score (nSPS) is 23.8. The van der Waals surface area contributed by atoms with Gasteiger partial charge < -0.3 is 15.2 Å². The van der Waals surface area contributed by atoms with Crippen LogP contribution < -0.4 is 5.32 Å². The van der Waals surface area contributed by atoms with E-state index >= 15 is 0 Å². The van der Waals surface area contributed by atoms with Crippen LogP contribution >= 0.6 is 0 Å². The number of aromatic nitrogens is 1. The first-order chi connectivity index (χ1) is 9.08. The predicted molar refractivity (Wildman–Crippen MR) is 66.3 cm³/mol. The summed E-state index contributed by atoms with van der Waals surface area (Å²) in [5.74, 6) is -1.30. The molecule has 19 heavy (non-hydrogen) atoms. The van der Waals surface area contributed by atoms with Gasteiger partial charge in [0.1, 0.15) is 6.10 Å². The second kappa shape index (κ2) is 5.79. The van der Waals surface area contributed by atoms with Gasteiger partial charge in [-0.2, -0.15) is 0 Å².